The quantitative estimate of drug-likeness (QED) is 0.853. The van der Waals surface area contributed by atoms with Gasteiger partial charge in [-0.15, -0.1) is 0 Å². The standard InChI is InChI=1S/C21H31N3O3/c1-4-27-19-14-23(3)13-18(19)22-20(25)16-9-11-24(12-10-16)21(26)17-8-6-5-7-15(17)2/h5-8,16,18-19H,4,9-14H2,1-3H3,(H,22,25)/t18-,19-/m1/s1. The van der Waals surface area contributed by atoms with Gasteiger partial charge in [0.15, 0.2) is 0 Å². The molecule has 0 aromatic heterocycles. The minimum absolute atomic E-state index is 0.0286. The number of aryl methyl sites for hydroxylation is 1. The smallest absolute Gasteiger partial charge is 0.254 e. The molecule has 1 aromatic rings. The Bertz CT molecular complexity index is 670. The van der Waals surface area contributed by atoms with Gasteiger partial charge in [-0.1, -0.05) is 18.2 Å². The predicted octanol–water partition coefficient (Wildman–Crippen LogP) is 1.68. The van der Waals surface area contributed by atoms with Crippen molar-refractivity contribution in [3.05, 3.63) is 35.4 Å². The van der Waals surface area contributed by atoms with Crippen LogP contribution in [0.15, 0.2) is 24.3 Å². The molecule has 148 valence electrons. The van der Waals surface area contributed by atoms with Gasteiger partial charge in [0.25, 0.3) is 5.91 Å². The highest BCUT2D eigenvalue weighted by Gasteiger charge is 2.35. The molecule has 0 saturated carbocycles. The van der Waals surface area contributed by atoms with Crippen molar-refractivity contribution in [2.24, 2.45) is 5.92 Å². The lowest BCUT2D eigenvalue weighted by molar-refractivity contribution is -0.127. The Morgan fingerprint density at radius 2 is 1.89 bits per heavy atom. The highest BCUT2D eigenvalue weighted by atomic mass is 16.5. The zero-order chi connectivity index (χ0) is 19.4. The number of likely N-dealkylation sites (tertiary alicyclic amines) is 2. The Labute approximate surface area is 161 Å². The molecule has 6 nitrogen and oxygen atoms in total. The van der Waals surface area contributed by atoms with Crippen molar-refractivity contribution < 1.29 is 14.3 Å². The topological polar surface area (TPSA) is 61.9 Å². The lowest BCUT2D eigenvalue weighted by Crippen LogP contribution is -2.49. The minimum Gasteiger partial charge on any atom is -0.375 e. The summed E-state index contributed by atoms with van der Waals surface area (Å²) < 4.78 is 5.77. The number of rotatable bonds is 5. The molecule has 6 heteroatoms. The average Bonchev–Trinajstić information content (AvgIpc) is 3.01. The third-order valence-electron chi connectivity index (χ3n) is 5.69. The van der Waals surface area contributed by atoms with Gasteiger partial charge in [0.2, 0.25) is 5.91 Å². The zero-order valence-corrected chi connectivity index (χ0v) is 16.6. The van der Waals surface area contributed by atoms with Gasteiger partial charge in [-0.25, -0.2) is 0 Å². The third kappa shape index (κ3) is 4.68. The van der Waals surface area contributed by atoms with E-state index < -0.39 is 0 Å². The Balaban J connectivity index is 1.52. The molecule has 2 atom stereocenters. The van der Waals surface area contributed by atoms with Crippen LogP contribution in [0.2, 0.25) is 0 Å². The first-order valence-electron chi connectivity index (χ1n) is 9.95. The van der Waals surface area contributed by atoms with Crippen LogP contribution in [0, 0.1) is 12.8 Å². The Morgan fingerprint density at radius 3 is 2.56 bits per heavy atom. The summed E-state index contributed by atoms with van der Waals surface area (Å²) in [7, 11) is 2.05. The van der Waals surface area contributed by atoms with Crippen LogP contribution in [0.25, 0.3) is 0 Å². The molecule has 0 aliphatic carbocycles. The van der Waals surface area contributed by atoms with Crippen molar-refractivity contribution in [3.8, 4) is 0 Å². The molecule has 2 saturated heterocycles. The minimum atomic E-state index is -0.0286. The van der Waals surface area contributed by atoms with Crippen LogP contribution in [0.3, 0.4) is 0 Å². The molecule has 3 rings (SSSR count). The maximum Gasteiger partial charge on any atom is 0.254 e. The van der Waals surface area contributed by atoms with Crippen LogP contribution in [0.4, 0.5) is 0 Å². The molecule has 0 radical (unpaired) electrons. The summed E-state index contributed by atoms with van der Waals surface area (Å²) in [5, 5.41) is 3.19. The summed E-state index contributed by atoms with van der Waals surface area (Å²) >= 11 is 0. The molecular weight excluding hydrogens is 342 g/mol. The molecule has 2 aliphatic heterocycles. The lowest BCUT2D eigenvalue weighted by Gasteiger charge is -2.32. The molecular formula is C21H31N3O3. The van der Waals surface area contributed by atoms with E-state index >= 15 is 0 Å². The first-order valence-corrected chi connectivity index (χ1v) is 9.95. The van der Waals surface area contributed by atoms with Crippen LogP contribution in [-0.4, -0.2) is 73.6 Å². The van der Waals surface area contributed by atoms with E-state index in [4.69, 9.17) is 4.74 Å². The van der Waals surface area contributed by atoms with Gasteiger partial charge >= 0.3 is 0 Å². The van der Waals surface area contributed by atoms with Crippen molar-refractivity contribution in [2.75, 3.05) is 39.8 Å². The molecule has 0 unspecified atom stereocenters. The molecule has 0 bridgehead atoms. The monoisotopic (exact) mass is 373 g/mol. The second kappa shape index (κ2) is 8.85. The fraction of sp³-hybridized carbons (Fsp3) is 0.619. The van der Waals surface area contributed by atoms with Gasteiger partial charge in [0.05, 0.1) is 12.1 Å². The number of carbonyl (C=O) groups is 2. The van der Waals surface area contributed by atoms with Crippen LogP contribution >= 0.6 is 0 Å². The summed E-state index contributed by atoms with van der Waals surface area (Å²) in [6.07, 6.45) is 1.49. The predicted molar refractivity (Wildman–Crippen MR) is 105 cm³/mol. The number of hydrogen-bond acceptors (Lipinski definition) is 4. The molecule has 2 heterocycles. The van der Waals surface area contributed by atoms with Crippen molar-refractivity contribution in [2.45, 2.75) is 38.8 Å². The summed E-state index contributed by atoms with van der Waals surface area (Å²) in [5.41, 5.74) is 1.75. The largest absolute Gasteiger partial charge is 0.375 e. The Kier molecular flexibility index (Phi) is 6.50. The molecule has 2 amide bonds. The van der Waals surface area contributed by atoms with Gasteiger partial charge in [0, 0.05) is 44.3 Å². The normalized spacial score (nSPS) is 24.2. The van der Waals surface area contributed by atoms with E-state index in [1.165, 1.54) is 0 Å². The van der Waals surface area contributed by atoms with Gasteiger partial charge in [0.1, 0.15) is 0 Å². The SMILES string of the molecule is CCO[C@@H]1CN(C)C[C@H]1NC(=O)C1CCN(C(=O)c2ccccc2C)CC1. The van der Waals surface area contributed by atoms with Crippen LogP contribution in [-0.2, 0) is 9.53 Å². The third-order valence-corrected chi connectivity index (χ3v) is 5.69. The van der Waals surface area contributed by atoms with Gasteiger partial charge in [-0.3, -0.25) is 9.59 Å². The summed E-state index contributed by atoms with van der Waals surface area (Å²) in [6.45, 7) is 7.53. The number of nitrogens with one attached hydrogen (secondary N) is 1. The zero-order valence-electron chi connectivity index (χ0n) is 16.6. The lowest BCUT2D eigenvalue weighted by atomic mass is 9.94. The van der Waals surface area contributed by atoms with E-state index in [0.717, 1.165) is 24.2 Å². The van der Waals surface area contributed by atoms with E-state index in [1.807, 2.05) is 50.1 Å². The molecule has 2 fully saturated rings. The Hall–Kier alpha value is -1.92. The van der Waals surface area contributed by atoms with Crippen LogP contribution in [0.5, 0.6) is 0 Å². The molecule has 0 spiro atoms. The van der Waals surface area contributed by atoms with Crippen LogP contribution < -0.4 is 5.32 Å². The number of nitrogens with zero attached hydrogens (tertiary/aromatic N) is 2. The number of carbonyl (C=O) groups excluding carboxylic acids is 2. The van der Waals surface area contributed by atoms with Gasteiger partial charge < -0.3 is 19.9 Å². The van der Waals surface area contributed by atoms with Crippen molar-refractivity contribution in [1.29, 1.82) is 0 Å². The maximum atomic E-state index is 12.7. The van der Waals surface area contributed by atoms with Gasteiger partial charge in [-0.2, -0.15) is 0 Å². The van der Waals surface area contributed by atoms with Crippen molar-refractivity contribution in [3.63, 3.8) is 0 Å². The van der Waals surface area contributed by atoms with Crippen molar-refractivity contribution in [1.82, 2.24) is 15.1 Å². The number of ether oxygens (including phenoxy) is 1. The van der Waals surface area contributed by atoms with E-state index in [1.54, 1.807) is 0 Å². The first kappa shape index (κ1) is 19.8. The average molecular weight is 373 g/mol. The number of likely N-dealkylation sites (N-methyl/N-ethyl adjacent to an activating group) is 1. The highest BCUT2D eigenvalue weighted by molar-refractivity contribution is 5.95. The van der Waals surface area contributed by atoms with E-state index in [-0.39, 0.29) is 29.9 Å². The van der Waals surface area contributed by atoms with Gasteiger partial charge in [-0.05, 0) is 45.4 Å². The van der Waals surface area contributed by atoms with E-state index in [9.17, 15) is 9.59 Å². The first-order chi connectivity index (χ1) is 13.0. The number of piperidine rings is 1. The number of hydrogen-bond donors (Lipinski definition) is 1. The second-order valence-electron chi connectivity index (χ2n) is 7.71. The molecule has 2 aliphatic rings. The fourth-order valence-corrected chi connectivity index (χ4v) is 4.11. The number of amides is 2. The van der Waals surface area contributed by atoms with Crippen LogP contribution in [0.1, 0.15) is 35.7 Å². The fourth-order valence-electron chi connectivity index (χ4n) is 4.11. The van der Waals surface area contributed by atoms with E-state index in [0.29, 0.717) is 32.5 Å². The van der Waals surface area contributed by atoms with E-state index in [2.05, 4.69) is 10.2 Å². The summed E-state index contributed by atoms with van der Waals surface area (Å²) in [5.74, 6) is 0.142. The molecule has 27 heavy (non-hydrogen) atoms. The van der Waals surface area contributed by atoms with Crippen molar-refractivity contribution >= 4 is 11.8 Å². The molecule has 1 N–H and O–H groups in total. The maximum absolute atomic E-state index is 12.7. The molecule has 1 aromatic carbocycles. The number of benzene rings is 1. The second-order valence-corrected chi connectivity index (χ2v) is 7.71. The highest BCUT2D eigenvalue weighted by Crippen LogP contribution is 2.21. The summed E-state index contributed by atoms with van der Waals surface area (Å²) in [4.78, 5) is 29.5. The Morgan fingerprint density at radius 1 is 1.19 bits per heavy atom. The summed E-state index contributed by atoms with van der Waals surface area (Å²) in [6, 6.07) is 7.72.